The number of likely N-dealkylation sites (tertiary alicyclic amines) is 1. The van der Waals surface area contributed by atoms with Crippen LogP contribution in [0.2, 0.25) is 0 Å². The molecule has 1 aliphatic heterocycles. The maximum atomic E-state index is 12.1. The molecule has 4 heteroatoms. The van der Waals surface area contributed by atoms with E-state index in [2.05, 4.69) is 55.3 Å². The monoisotopic (exact) mass is 318 g/mol. The topological polar surface area (TPSA) is 41.6 Å². The van der Waals surface area contributed by atoms with Gasteiger partial charge in [0.25, 0.3) is 0 Å². The van der Waals surface area contributed by atoms with Crippen molar-refractivity contribution in [2.24, 2.45) is 5.41 Å². The number of hydrogen-bond acceptors (Lipinski definition) is 3. The largest absolute Gasteiger partial charge is 0.444 e. The van der Waals surface area contributed by atoms with Crippen molar-refractivity contribution in [1.82, 2.24) is 10.2 Å². The SMILES string of the molecule is C[C@H](c1ccccc1)N1C[C@H](NC(=O)OC(C)(C)C)C(C)(C)C1. The summed E-state index contributed by atoms with van der Waals surface area (Å²) < 4.78 is 5.40. The fraction of sp³-hybridized carbons (Fsp3) is 0.632. The van der Waals surface area contributed by atoms with E-state index < -0.39 is 5.60 Å². The predicted molar refractivity (Wildman–Crippen MR) is 93.4 cm³/mol. The number of amides is 1. The summed E-state index contributed by atoms with van der Waals surface area (Å²) in [7, 11) is 0. The van der Waals surface area contributed by atoms with Gasteiger partial charge in [-0.25, -0.2) is 4.79 Å². The van der Waals surface area contributed by atoms with E-state index in [-0.39, 0.29) is 17.6 Å². The van der Waals surface area contributed by atoms with Crippen molar-refractivity contribution >= 4 is 6.09 Å². The van der Waals surface area contributed by atoms with Gasteiger partial charge < -0.3 is 10.1 Å². The van der Waals surface area contributed by atoms with Crippen LogP contribution in [0.4, 0.5) is 4.79 Å². The second-order valence-electron chi connectivity index (χ2n) is 8.20. The molecular formula is C19H30N2O2. The number of rotatable bonds is 3. The van der Waals surface area contributed by atoms with Crippen molar-refractivity contribution in [2.75, 3.05) is 13.1 Å². The van der Waals surface area contributed by atoms with Crippen molar-refractivity contribution in [3.8, 4) is 0 Å². The summed E-state index contributed by atoms with van der Waals surface area (Å²) in [5.41, 5.74) is 0.852. The van der Waals surface area contributed by atoms with Crippen LogP contribution < -0.4 is 5.32 Å². The summed E-state index contributed by atoms with van der Waals surface area (Å²) in [5, 5.41) is 3.06. The Labute approximate surface area is 140 Å². The standard InChI is InChI=1S/C19H30N2O2/c1-14(15-10-8-7-9-11-15)21-12-16(19(5,6)13-21)20-17(22)23-18(2,3)4/h7-11,14,16H,12-13H2,1-6H3,(H,20,22)/t14-,16+/m1/s1. The molecule has 2 atom stereocenters. The Morgan fingerprint density at radius 2 is 1.91 bits per heavy atom. The highest BCUT2D eigenvalue weighted by atomic mass is 16.6. The highest BCUT2D eigenvalue weighted by Crippen LogP contribution is 2.35. The molecule has 4 nitrogen and oxygen atoms in total. The number of carbonyl (C=O) groups excluding carboxylic acids is 1. The van der Waals surface area contributed by atoms with E-state index in [1.165, 1.54) is 5.56 Å². The van der Waals surface area contributed by atoms with Crippen molar-refractivity contribution in [3.05, 3.63) is 35.9 Å². The highest BCUT2D eigenvalue weighted by molar-refractivity contribution is 5.68. The van der Waals surface area contributed by atoms with Gasteiger partial charge >= 0.3 is 6.09 Å². The summed E-state index contributed by atoms with van der Waals surface area (Å²) >= 11 is 0. The highest BCUT2D eigenvalue weighted by Gasteiger charge is 2.42. The van der Waals surface area contributed by atoms with Crippen LogP contribution in [-0.2, 0) is 4.74 Å². The van der Waals surface area contributed by atoms with Gasteiger partial charge in [-0.3, -0.25) is 4.90 Å². The zero-order valence-electron chi connectivity index (χ0n) is 15.2. The Morgan fingerprint density at radius 3 is 2.48 bits per heavy atom. The third-order valence-corrected chi connectivity index (χ3v) is 4.49. The van der Waals surface area contributed by atoms with Crippen LogP contribution in [0.15, 0.2) is 30.3 Å². The first-order chi connectivity index (χ1) is 10.6. The average molecular weight is 318 g/mol. The van der Waals surface area contributed by atoms with E-state index in [0.717, 1.165) is 13.1 Å². The van der Waals surface area contributed by atoms with Gasteiger partial charge in [-0.15, -0.1) is 0 Å². The number of carbonyl (C=O) groups is 1. The molecule has 0 aromatic heterocycles. The van der Waals surface area contributed by atoms with Crippen LogP contribution in [0.3, 0.4) is 0 Å². The van der Waals surface area contributed by atoms with Gasteiger partial charge in [0.05, 0.1) is 6.04 Å². The van der Waals surface area contributed by atoms with Gasteiger partial charge in [0.1, 0.15) is 5.60 Å². The van der Waals surface area contributed by atoms with E-state index in [4.69, 9.17) is 4.74 Å². The summed E-state index contributed by atoms with van der Waals surface area (Å²) in [5.74, 6) is 0. The molecule has 0 unspecified atom stereocenters. The molecule has 1 amide bonds. The summed E-state index contributed by atoms with van der Waals surface area (Å²) in [6.45, 7) is 14.1. The van der Waals surface area contributed by atoms with Gasteiger partial charge in [-0.2, -0.15) is 0 Å². The van der Waals surface area contributed by atoms with E-state index in [0.29, 0.717) is 6.04 Å². The van der Waals surface area contributed by atoms with Crippen LogP contribution in [0.1, 0.15) is 53.1 Å². The van der Waals surface area contributed by atoms with E-state index in [1.807, 2.05) is 26.8 Å². The molecule has 1 aromatic rings. The Bertz CT molecular complexity index is 534. The van der Waals surface area contributed by atoms with Gasteiger partial charge in [0, 0.05) is 19.1 Å². The van der Waals surface area contributed by atoms with Crippen molar-refractivity contribution in [2.45, 2.75) is 59.2 Å². The quantitative estimate of drug-likeness (QED) is 0.916. The molecule has 1 aliphatic rings. The van der Waals surface area contributed by atoms with Crippen molar-refractivity contribution in [3.63, 3.8) is 0 Å². The predicted octanol–water partition coefficient (Wildman–Crippen LogP) is 3.98. The number of alkyl carbamates (subject to hydrolysis) is 1. The molecule has 1 aromatic carbocycles. The molecule has 1 N–H and O–H groups in total. The Kier molecular flexibility index (Phi) is 5.04. The fourth-order valence-corrected chi connectivity index (χ4v) is 3.11. The molecule has 0 saturated carbocycles. The lowest BCUT2D eigenvalue weighted by Crippen LogP contribution is -2.46. The number of hydrogen-bond donors (Lipinski definition) is 1. The van der Waals surface area contributed by atoms with Crippen LogP contribution >= 0.6 is 0 Å². The smallest absolute Gasteiger partial charge is 0.407 e. The number of ether oxygens (including phenoxy) is 1. The lowest BCUT2D eigenvalue weighted by Gasteiger charge is -2.28. The van der Waals surface area contributed by atoms with Gasteiger partial charge in [0.15, 0.2) is 0 Å². The summed E-state index contributed by atoms with van der Waals surface area (Å²) in [4.78, 5) is 14.5. The lowest BCUT2D eigenvalue weighted by molar-refractivity contribution is 0.0479. The Morgan fingerprint density at radius 1 is 1.30 bits per heavy atom. The second kappa shape index (κ2) is 6.52. The molecule has 1 fully saturated rings. The molecule has 0 radical (unpaired) electrons. The molecule has 0 bridgehead atoms. The molecule has 0 spiro atoms. The normalized spacial score (nSPS) is 22.6. The molecule has 2 rings (SSSR count). The zero-order valence-corrected chi connectivity index (χ0v) is 15.2. The summed E-state index contributed by atoms with van der Waals surface area (Å²) in [6.07, 6.45) is -0.329. The lowest BCUT2D eigenvalue weighted by atomic mass is 9.88. The molecular weight excluding hydrogens is 288 g/mol. The third-order valence-electron chi connectivity index (χ3n) is 4.49. The third kappa shape index (κ3) is 4.71. The van der Waals surface area contributed by atoms with Crippen LogP contribution in [-0.4, -0.2) is 35.7 Å². The van der Waals surface area contributed by atoms with Crippen LogP contribution in [0, 0.1) is 5.41 Å². The minimum Gasteiger partial charge on any atom is -0.444 e. The Hall–Kier alpha value is -1.55. The average Bonchev–Trinajstić information content (AvgIpc) is 2.72. The summed E-state index contributed by atoms with van der Waals surface area (Å²) in [6, 6.07) is 10.9. The molecule has 0 aliphatic carbocycles. The zero-order chi connectivity index (χ0) is 17.3. The van der Waals surface area contributed by atoms with E-state index in [1.54, 1.807) is 0 Å². The molecule has 23 heavy (non-hydrogen) atoms. The number of nitrogens with zero attached hydrogens (tertiary/aromatic N) is 1. The first-order valence-corrected chi connectivity index (χ1v) is 8.37. The van der Waals surface area contributed by atoms with Crippen molar-refractivity contribution in [1.29, 1.82) is 0 Å². The first kappa shape index (κ1) is 17.8. The van der Waals surface area contributed by atoms with E-state index in [9.17, 15) is 4.79 Å². The maximum absolute atomic E-state index is 12.1. The maximum Gasteiger partial charge on any atom is 0.407 e. The Balaban J connectivity index is 2.02. The van der Waals surface area contributed by atoms with Gasteiger partial charge in [-0.05, 0) is 38.7 Å². The van der Waals surface area contributed by atoms with Crippen LogP contribution in [0.25, 0.3) is 0 Å². The number of benzene rings is 1. The van der Waals surface area contributed by atoms with E-state index >= 15 is 0 Å². The van der Waals surface area contributed by atoms with Crippen molar-refractivity contribution < 1.29 is 9.53 Å². The fourth-order valence-electron chi connectivity index (χ4n) is 3.11. The molecule has 1 saturated heterocycles. The minimum absolute atomic E-state index is 0.0138. The minimum atomic E-state index is -0.468. The van der Waals surface area contributed by atoms with Gasteiger partial charge in [-0.1, -0.05) is 44.2 Å². The first-order valence-electron chi connectivity index (χ1n) is 8.37. The van der Waals surface area contributed by atoms with Gasteiger partial charge in [0.2, 0.25) is 0 Å². The molecule has 128 valence electrons. The molecule has 1 heterocycles. The second-order valence-corrected chi connectivity index (χ2v) is 8.20. The van der Waals surface area contributed by atoms with Crippen LogP contribution in [0.5, 0.6) is 0 Å². The number of nitrogens with one attached hydrogen (secondary N) is 1.